The number of hydrogen-bond donors (Lipinski definition) is 1. The lowest BCUT2D eigenvalue weighted by Gasteiger charge is -2.22. The van der Waals surface area contributed by atoms with E-state index in [-0.39, 0.29) is 0 Å². The van der Waals surface area contributed by atoms with Crippen LogP contribution in [0.4, 0.5) is 0 Å². The average Bonchev–Trinajstić information content (AvgIpc) is 2.68. The molecule has 3 nitrogen and oxygen atoms in total. The molecule has 3 rings (SSSR count). The molecule has 2 aromatic rings. The van der Waals surface area contributed by atoms with Gasteiger partial charge in [-0.25, -0.2) is 4.98 Å². The molecule has 1 fully saturated rings. The molecule has 1 aliphatic rings. The molecule has 1 aliphatic carbocycles. The maximum absolute atomic E-state index is 9.18. The summed E-state index contributed by atoms with van der Waals surface area (Å²) in [5, 5.41) is 9.18. The van der Waals surface area contributed by atoms with Gasteiger partial charge >= 0.3 is 0 Å². The molecule has 0 amide bonds. The fourth-order valence-electron chi connectivity index (χ4n) is 2.36. The van der Waals surface area contributed by atoms with Crippen LogP contribution in [0.2, 0.25) is 0 Å². The number of nitriles is 1. The number of nitrogens with one attached hydrogen (secondary N) is 1. The highest BCUT2D eigenvalue weighted by Crippen LogP contribution is 2.36. The van der Waals surface area contributed by atoms with Gasteiger partial charge in [0.25, 0.3) is 0 Å². The Hall–Kier alpha value is -1.82. The Kier molecular flexibility index (Phi) is 2.41. The van der Waals surface area contributed by atoms with E-state index in [0.29, 0.717) is 5.92 Å². The molecule has 18 heavy (non-hydrogen) atoms. The van der Waals surface area contributed by atoms with Crippen LogP contribution in [0.15, 0.2) is 18.2 Å². The van der Waals surface area contributed by atoms with Crippen LogP contribution in [0.1, 0.15) is 50.4 Å². The van der Waals surface area contributed by atoms with Crippen molar-refractivity contribution in [3.05, 3.63) is 29.6 Å². The minimum Gasteiger partial charge on any atom is -0.342 e. The zero-order valence-electron chi connectivity index (χ0n) is 10.8. The summed E-state index contributed by atoms with van der Waals surface area (Å²) in [4.78, 5) is 8.06. The zero-order valence-corrected chi connectivity index (χ0v) is 10.8. The number of hydrogen-bond acceptors (Lipinski definition) is 2. The van der Waals surface area contributed by atoms with Crippen LogP contribution < -0.4 is 0 Å². The van der Waals surface area contributed by atoms with E-state index in [1.807, 2.05) is 26.0 Å². The van der Waals surface area contributed by atoms with Crippen molar-refractivity contribution in [2.75, 3.05) is 0 Å². The maximum atomic E-state index is 9.18. The summed E-state index contributed by atoms with van der Waals surface area (Å²) >= 11 is 0. The third-order valence-electron chi connectivity index (χ3n) is 3.99. The van der Waals surface area contributed by atoms with Gasteiger partial charge in [-0.15, -0.1) is 0 Å². The molecule has 0 saturated heterocycles. The molecule has 0 unspecified atom stereocenters. The maximum Gasteiger partial charge on any atom is 0.110 e. The van der Waals surface area contributed by atoms with Crippen molar-refractivity contribution < 1.29 is 0 Å². The number of fused-ring (bicyclic) bond motifs is 1. The SMILES string of the molecule is CC(C)(C#N)c1ccc2nc(C3CCC3)[nH]c2c1. The van der Waals surface area contributed by atoms with E-state index in [4.69, 9.17) is 0 Å². The fourth-order valence-corrected chi connectivity index (χ4v) is 2.36. The third kappa shape index (κ3) is 1.69. The second-order valence-electron chi connectivity index (χ2n) is 5.72. The minimum absolute atomic E-state index is 0.448. The van der Waals surface area contributed by atoms with Crippen molar-refractivity contribution in [1.82, 2.24) is 9.97 Å². The van der Waals surface area contributed by atoms with Crippen molar-refractivity contribution in [2.24, 2.45) is 0 Å². The highest BCUT2D eigenvalue weighted by molar-refractivity contribution is 5.76. The first-order valence-electron chi connectivity index (χ1n) is 6.51. The first-order chi connectivity index (χ1) is 8.60. The fraction of sp³-hybridized carbons (Fsp3) is 0.467. The lowest BCUT2D eigenvalue weighted by molar-refractivity contribution is 0.405. The van der Waals surface area contributed by atoms with Gasteiger partial charge < -0.3 is 4.98 Å². The topological polar surface area (TPSA) is 52.5 Å². The number of aromatic amines is 1. The van der Waals surface area contributed by atoms with Crippen LogP contribution in [-0.4, -0.2) is 9.97 Å². The van der Waals surface area contributed by atoms with Crippen molar-refractivity contribution in [3.63, 3.8) is 0 Å². The van der Waals surface area contributed by atoms with Gasteiger partial charge in [0.05, 0.1) is 22.5 Å². The Labute approximate surface area is 107 Å². The van der Waals surface area contributed by atoms with Gasteiger partial charge in [0.1, 0.15) is 5.82 Å². The van der Waals surface area contributed by atoms with Crippen LogP contribution in [0.3, 0.4) is 0 Å². The smallest absolute Gasteiger partial charge is 0.110 e. The minimum atomic E-state index is -0.448. The van der Waals surface area contributed by atoms with Crippen molar-refractivity contribution in [2.45, 2.75) is 44.4 Å². The van der Waals surface area contributed by atoms with Crippen LogP contribution in [0, 0.1) is 11.3 Å². The quantitative estimate of drug-likeness (QED) is 0.870. The lowest BCUT2D eigenvalue weighted by atomic mass is 9.85. The van der Waals surface area contributed by atoms with E-state index in [0.717, 1.165) is 22.4 Å². The summed E-state index contributed by atoms with van der Waals surface area (Å²) in [7, 11) is 0. The Morgan fingerprint density at radius 2 is 2.17 bits per heavy atom. The van der Waals surface area contributed by atoms with E-state index in [1.165, 1.54) is 19.3 Å². The molecule has 0 spiro atoms. The van der Waals surface area contributed by atoms with Crippen LogP contribution >= 0.6 is 0 Å². The molecule has 0 radical (unpaired) electrons. The van der Waals surface area contributed by atoms with Gasteiger partial charge in [-0.3, -0.25) is 0 Å². The first-order valence-corrected chi connectivity index (χ1v) is 6.51. The van der Waals surface area contributed by atoms with Gasteiger partial charge in [-0.2, -0.15) is 5.26 Å². The van der Waals surface area contributed by atoms with E-state index >= 15 is 0 Å². The van der Waals surface area contributed by atoms with Crippen molar-refractivity contribution >= 4 is 11.0 Å². The van der Waals surface area contributed by atoms with Crippen LogP contribution in [0.25, 0.3) is 11.0 Å². The Morgan fingerprint density at radius 3 is 2.78 bits per heavy atom. The number of H-pyrrole nitrogens is 1. The highest BCUT2D eigenvalue weighted by atomic mass is 14.9. The number of rotatable bonds is 2. The molecule has 0 bridgehead atoms. The molecule has 92 valence electrons. The van der Waals surface area contributed by atoms with E-state index < -0.39 is 5.41 Å². The van der Waals surface area contributed by atoms with Gasteiger partial charge in [-0.1, -0.05) is 12.5 Å². The van der Waals surface area contributed by atoms with E-state index in [1.54, 1.807) is 0 Å². The number of imidazole rings is 1. The lowest BCUT2D eigenvalue weighted by Crippen LogP contribution is -2.13. The zero-order chi connectivity index (χ0) is 12.8. The standard InChI is InChI=1S/C15H17N3/c1-15(2,9-16)11-6-7-12-13(8-11)18-14(17-12)10-4-3-5-10/h6-8,10H,3-5H2,1-2H3,(H,17,18). The molecule has 1 aromatic carbocycles. The number of nitrogens with zero attached hydrogens (tertiary/aromatic N) is 2. The normalized spacial score (nSPS) is 16.5. The monoisotopic (exact) mass is 239 g/mol. The molecule has 1 aromatic heterocycles. The van der Waals surface area contributed by atoms with Gasteiger partial charge in [0.2, 0.25) is 0 Å². The predicted molar refractivity (Wildman–Crippen MR) is 71.3 cm³/mol. The molecular weight excluding hydrogens is 222 g/mol. The molecule has 1 N–H and O–H groups in total. The second-order valence-corrected chi connectivity index (χ2v) is 5.72. The average molecular weight is 239 g/mol. The third-order valence-corrected chi connectivity index (χ3v) is 3.99. The molecular formula is C15H17N3. The van der Waals surface area contributed by atoms with Crippen LogP contribution in [0.5, 0.6) is 0 Å². The second kappa shape index (κ2) is 3.84. The van der Waals surface area contributed by atoms with Gasteiger partial charge in [-0.05, 0) is 44.4 Å². The Morgan fingerprint density at radius 1 is 1.39 bits per heavy atom. The summed E-state index contributed by atoms with van der Waals surface area (Å²) < 4.78 is 0. The molecule has 1 saturated carbocycles. The number of aromatic nitrogens is 2. The molecule has 1 heterocycles. The summed E-state index contributed by atoms with van der Waals surface area (Å²) in [6, 6.07) is 8.43. The molecule has 0 aliphatic heterocycles. The number of benzene rings is 1. The summed E-state index contributed by atoms with van der Waals surface area (Å²) in [6.07, 6.45) is 3.81. The van der Waals surface area contributed by atoms with Crippen molar-refractivity contribution in [1.29, 1.82) is 5.26 Å². The van der Waals surface area contributed by atoms with Crippen molar-refractivity contribution in [3.8, 4) is 6.07 Å². The molecule has 3 heteroatoms. The van der Waals surface area contributed by atoms with Gasteiger partial charge in [0.15, 0.2) is 0 Å². The largest absolute Gasteiger partial charge is 0.342 e. The van der Waals surface area contributed by atoms with Crippen LogP contribution in [-0.2, 0) is 5.41 Å². The summed E-state index contributed by atoms with van der Waals surface area (Å²) in [5.74, 6) is 1.73. The highest BCUT2D eigenvalue weighted by Gasteiger charge is 2.24. The Balaban J connectivity index is 2.04. The van der Waals surface area contributed by atoms with Gasteiger partial charge in [0, 0.05) is 5.92 Å². The van der Waals surface area contributed by atoms with E-state index in [9.17, 15) is 5.26 Å². The van der Waals surface area contributed by atoms with E-state index in [2.05, 4.69) is 22.1 Å². The first kappa shape index (κ1) is 11.3. The summed E-state index contributed by atoms with van der Waals surface area (Å²) in [5.41, 5.74) is 2.66. The molecule has 0 atom stereocenters. The Bertz CT molecular complexity index is 627. The summed E-state index contributed by atoms with van der Waals surface area (Å²) in [6.45, 7) is 3.88. The predicted octanol–water partition coefficient (Wildman–Crippen LogP) is 3.63.